The van der Waals surface area contributed by atoms with Crippen LogP contribution in [0.2, 0.25) is 0 Å². The van der Waals surface area contributed by atoms with Crippen LogP contribution < -0.4 is 0 Å². The molecule has 0 bridgehead atoms. The number of aliphatic hydroxyl groups is 6. The average Bonchev–Trinajstić information content (AvgIpc) is 3.20. The second kappa shape index (κ2) is 32.4. The number of aliphatic hydroxyl groups excluding tert-OH is 6. The maximum absolute atomic E-state index is 13.2. The zero-order valence-corrected chi connectivity index (χ0v) is 35.5. The SMILES string of the molecule is CCCCCCCCCCCCCCCC(=O)O[C@H]1[C@@H](O[C@H]2O[C@H](CO)[C@@H](O)[C@H](O)[C@H]2O)O[C@H](CO)[C@@H](O)[C@@H]1OC(=O)CCCCCCCCCCCCCCC. The van der Waals surface area contributed by atoms with Crippen molar-refractivity contribution >= 4 is 11.9 Å². The van der Waals surface area contributed by atoms with Crippen LogP contribution in [0.4, 0.5) is 0 Å². The van der Waals surface area contributed by atoms with Gasteiger partial charge in [0.25, 0.3) is 0 Å². The molecule has 0 amide bonds. The number of ether oxygens (including phenoxy) is 5. The number of carbonyl (C=O) groups is 2. The van der Waals surface area contributed by atoms with E-state index in [-0.39, 0.29) is 12.8 Å². The van der Waals surface area contributed by atoms with Gasteiger partial charge in [0.15, 0.2) is 18.5 Å². The molecule has 10 atom stereocenters. The number of hydrogen-bond acceptors (Lipinski definition) is 13. The van der Waals surface area contributed by atoms with Crippen molar-refractivity contribution in [3.05, 3.63) is 0 Å². The third-order valence-electron chi connectivity index (χ3n) is 11.4. The molecule has 2 saturated heterocycles. The van der Waals surface area contributed by atoms with Gasteiger partial charge in [0, 0.05) is 12.8 Å². The lowest BCUT2D eigenvalue weighted by atomic mass is 9.97. The standard InChI is InChI=1S/C44H82O13/c1-3-5-7-9-11-13-15-17-19-21-23-25-27-29-35(47)55-41-38(50)34(32-46)54-44(57-43-40(52)39(51)37(49)33(31-45)53-43)42(41)56-36(48)30-28-26-24-22-20-18-16-14-12-10-8-6-4-2/h33-34,37-46,49-52H,3-32H2,1-2H3/t33-,34-,37-,38-,39+,40-,41+,42-,43-,44-/m1/s1. The Balaban J connectivity index is 1.92. The first-order valence-electron chi connectivity index (χ1n) is 23.0. The van der Waals surface area contributed by atoms with Crippen molar-refractivity contribution in [3.8, 4) is 0 Å². The Morgan fingerprint density at radius 2 is 0.754 bits per heavy atom. The van der Waals surface area contributed by atoms with E-state index in [2.05, 4.69) is 13.8 Å². The summed E-state index contributed by atoms with van der Waals surface area (Å²) in [7, 11) is 0. The van der Waals surface area contributed by atoms with Gasteiger partial charge in [0.1, 0.15) is 36.6 Å². The van der Waals surface area contributed by atoms with Crippen LogP contribution in [0.25, 0.3) is 0 Å². The zero-order valence-electron chi connectivity index (χ0n) is 35.5. The highest BCUT2D eigenvalue weighted by molar-refractivity contribution is 5.70. The number of rotatable bonds is 34. The predicted molar refractivity (Wildman–Crippen MR) is 217 cm³/mol. The van der Waals surface area contributed by atoms with E-state index in [1.807, 2.05) is 0 Å². The van der Waals surface area contributed by atoms with Crippen molar-refractivity contribution in [2.24, 2.45) is 0 Å². The van der Waals surface area contributed by atoms with E-state index in [0.29, 0.717) is 12.8 Å². The summed E-state index contributed by atoms with van der Waals surface area (Å²) in [6.45, 7) is 3.05. The molecule has 6 N–H and O–H groups in total. The average molecular weight is 819 g/mol. The number of hydrogen-bond donors (Lipinski definition) is 6. The fraction of sp³-hybridized carbons (Fsp3) is 0.955. The number of esters is 2. The molecule has 0 radical (unpaired) electrons. The molecule has 2 heterocycles. The van der Waals surface area contributed by atoms with Gasteiger partial charge in [0.05, 0.1) is 13.2 Å². The molecule has 2 aliphatic heterocycles. The molecular weight excluding hydrogens is 736 g/mol. The van der Waals surface area contributed by atoms with E-state index >= 15 is 0 Å². The lowest BCUT2D eigenvalue weighted by molar-refractivity contribution is -0.377. The summed E-state index contributed by atoms with van der Waals surface area (Å²) >= 11 is 0. The molecule has 0 aliphatic carbocycles. The van der Waals surface area contributed by atoms with E-state index in [1.54, 1.807) is 0 Å². The van der Waals surface area contributed by atoms with Crippen LogP contribution in [-0.2, 0) is 33.3 Å². The van der Waals surface area contributed by atoms with Crippen LogP contribution in [0.3, 0.4) is 0 Å². The minimum atomic E-state index is -1.80. The molecule has 2 rings (SSSR count). The topological polar surface area (TPSA) is 202 Å². The molecule has 57 heavy (non-hydrogen) atoms. The molecule has 0 spiro atoms. The van der Waals surface area contributed by atoms with Gasteiger partial charge in [-0.3, -0.25) is 9.59 Å². The van der Waals surface area contributed by atoms with Crippen molar-refractivity contribution in [2.75, 3.05) is 13.2 Å². The van der Waals surface area contributed by atoms with Gasteiger partial charge in [-0.25, -0.2) is 0 Å². The fourth-order valence-corrected chi connectivity index (χ4v) is 7.72. The third-order valence-corrected chi connectivity index (χ3v) is 11.4. The highest BCUT2D eigenvalue weighted by atomic mass is 16.8. The fourth-order valence-electron chi connectivity index (χ4n) is 7.72. The molecule has 2 fully saturated rings. The summed E-state index contributed by atoms with van der Waals surface area (Å²) in [6.07, 6.45) is 14.3. The largest absolute Gasteiger partial charge is 0.455 e. The van der Waals surface area contributed by atoms with E-state index in [1.165, 1.54) is 109 Å². The molecule has 13 heteroatoms. The third kappa shape index (κ3) is 21.1. The van der Waals surface area contributed by atoms with Gasteiger partial charge in [-0.15, -0.1) is 0 Å². The van der Waals surface area contributed by atoms with Crippen molar-refractivity contribution in [3.63, 3.8) is 0 Å². The summed E-state index contributed by atoms with van der Waals surface area (Å²) in [4.78, 5) is 26.3. The Labute approximate surface area is 343 Å². The second-order valence-electron chi connectivity index (χ2n) is 16.4. The Hall–Kier alpha value is -1.42. The number of unbranched alkanes of at least 4 members (excludes halogenated alkanes) is 24. The maximum atomic E-state index is 13.2. The van der Waals surface area contributed by atoms with Crippen LogP contribution >= 0.6 is 0 Å². The minimum Gasteiger partial charge on any atom is -0.455 e. The summed E-state index contributed by atoms with van der Waals surface area (Å²) in [5, 5.41) is 62.1. The van der Waals surface area contributed by atoms with Crippen molar-refractivity contribution < 1.29 is 63.9 Å². The minimum absolute atomic E-state index is 0.0557. The van der Waals surface area contributed by atoms with Gasteiger partial charge < -0.3 is 54.3 Å². The molecule has 0 aromatic rings. The lowest BCUT2D eigenvalue weighted by Gasteiger charge is -2.46. The van der Waals surface area contributed by atoms with Crippen molar-refractivity contribution in [1.82, 2.24) is 0 Å². The van der Waals surface area contributed by atoms with E-state index < -0.39 is 86.6 Å². The van der Waals surface area contributed by atoms with Crippen molar-refractivity contribution in [2.45, 2.75) is 255 Å². The Bertz CT molecular complexity index is 999. The quantitative estimate of drug-likeness (QED) is 0.0297. The second-order valence-corrected chi connectivity index (χ2v) is 16.4. The van der Waals surface area contributed by atoms with Crippen LogP contribution in [0, 0.1) is 0 Å². The first kappa shape index (κ1) is 51.7. The first-order chi connectivity index (χ1) is 27.7. The highest BCUT2D eigenvalue weighted by Gasteiger charge is 2.53. The molecule has 336 valence electrons. The van der Waals surface area contributed by atoms with E-state index in [4.69, 9.17) is 23.7 Å². The molecule has 0 aromatic heterocycles. The maximum Gasteiger partial charge on any atom is 0.306 e. The molecular formula is C44H82O13. The molecule has 0 aromatic carbocycles. The van der Waals surface area contributed by atoms with Gasteiger partial charge in [-0.05, 0) is 12.8 Å². The molecule has 0 unspecified atom stereocenters. The van der Waals surface area contributed by atoms with Crippen LogP contribution in [0.1, 0.15) is 194 Å². The summed E-state index contributed by atoms with van der Waals surface area (Å²) in [6, 6.07) is 0. The van der Waals surface area contributed by atoms with Crippen LogP contribution in [-0.4, -0.2) is 117 Å². The zero-order chi connectivity index (χ0) is 41.7. The summed E-state index contributed by atoms with van der Waals surface area (Å²) in [5.74, 6) is -1.26. The normalized spacial score (nSPS) is 27.7. The predicted octanol–water partition coefficient (Wildman–Crippen LogP) is 6.67. The van der Waals surface area contributed by atoms with Crippen molar-refractivity contribution in [1.29, 1.82) is 0 Å². The monoisotopic (exact) mass is 819 g/mol. The first-order valence-corrected chi connectivity index (χ1v) is 23.0. The highest BCUT2D eigenvalue weighted by Crippen LogP contribution is 2.32. The Morgan fingerprint density at radius 3 is 1.14 bits per heavy atom. The van der Waals surface area contributed by atoms with Gasteiger partial charge in [0.2, 0.25) is 6.29 Å². The molecule has 0 saturated carbocycles. The molecule has 13 nitrogen and oxygen atoms in total. The van der Waals surface area contributed by atoms with Gasteiger partial charge in [-0.1, -0.05) is 168 Å². The summed E-state index contributed by atoms with van der Waals surface area (Å²) < 4.78 is 28.6. The number of carbonyl (C=O) groups excluding carboxylic acids is 2. The van der Waals surface area contributed by atoms with Gasteiger partial charge >= 0.3 is 11.9 Å². The van der Waals surface area contributed by atoms with Crippen LogP contribution in [0.5, 0.6) is 0 Å². The Kier molecular flexibility index (Phi) is 29.4. The Morgan fingerprint density at radius 1 is 0.421 bits per heavy atom. The van der Waals surface area contributed by atoms with Crippen LogP contribution in [0.15, 0.2) is 0 Å². The molecule has 2 aliphatic rings. The van der Waals surface area contributed by atoms with E-state index in [9.17, 15) is 40.2 Å². The van der Waals surface area contributed by atoms with Gasteiger partial charge in [-0.2, -0.15) is 0 Å². The summed E-state index contributed by atoms with van der Waals surface area (Å²) in [5.41, 5.74) is 0. The van der Waals surface area contributed by atoms with E-state index in [0.717, 1.165) is 44.9 Å². The lowest BCUT2D eigenvalue weighted by Crippen LogP contribution is -2.65. The smallest absolute Gasteiger partial charge is 0.306 e.